The quantitative estimate of drug-likeness (QED) is 0.468. The lowest BCUT2D eigenvalue weighted by atomic mass is 10.1. The minimum atomic E-state index is -0.777. The number of rotatable bonds is 1. The fraction of sp³-hybridized carbons (Fsp3) is 0.556. The fourth-order valence-corrected chi connectivity index (χ4v) is 3.34. The number of anilines is 1. The second kappa shape index (κ2) is 8.21. The van der Waals surface area contributed by atoms with Crippen molar-refractivity contribution in [3.8, 4) is 0 Å². The van der Waals surface area contributed by atoms with Crippen LogP contribution in [-0.4, -0.2) is 44.7 Å². The molecule has 0 N–H and O–H groups in total. The molecule has 0 aliphatic carbocycles. The van der Waals surface area contributed by atoms with E-state index in [2.05, 4.69) is 15.0 Å². The maximum Gasteiger partial charge on any atom is 0.429 e. The third kappa shape index (κ3) is 4.55. The van der Waals surface area contributed by atoms with Gasteiger partial charge in [0.15, 0.2) is 16.8 Å². The first-order valence-electron chi connectivity index (χ1n) is 9.12. The molecule has 0 saturated carbocycles. The number of fused-ring (bicyclic) bond motifs is 1. The Morgan fingerprint density at radius 2 is 1.82 bits per heavy atom. The molecule has 1 amide bonds. The van der Waals surface area contributed by atoms with Gasteiger partial charge < -0.3 is 4.74 Å². The van der Waals surface area contributed by atoms with E-state index in [9.17, 15) is 9.18 Å². The summed E-state index contributed by atoms with van der Waals surface area (Å²) in [4.78, 5) is 25.0. The molecule has 2 aromatic heterocycles. The maximum absolute atomic E-state index is 14.5. The zero-order valence-electron chi connectivity index (χ0n) is 16.0. The largest absolute Gasteiger partial charge is 0.442 e. The number of hydrogen-bond acceptors (Lipinski definition) is 6. The topological polar surface area (TPSA) is 71.5 Å². The molecule has 1 saturated heterocycles. The normalized spacial score (nSPS) is 16.1. The van der Waals surface area contributed by atoms with Gasteiger partial charge in [0.05, 0.1) is 5.39 Å². The van der Waals surface area contributed by atoms with Gasteiger partial charge in [-0.1, -0.05) is 24.4 Å². The first kappa shape index (κ1) is 20.8. The van der Waals surface area contributed by atoms with E-state index in [-0.39, 0.29) is 16.0 Å². The Labute approximate surface area is 172 Å². The highest BCUT2D eigenvalue weighted by atomic mass is 35.5. The van der Waals surface area contributed by atoms with Gasteiger partial charge in [-0.25, -0.2) is 24.2 Å². The van der Waals surface area contributed by atoms with Crippen LogP contribution >= 0.6 is 23.2 Å². The zero-order chi connectivity index (χ0) is 20.5. The SMILES string of the molecule is CC(C)(C)OC(=O)N1CCCCCCN1c1nc(Cl)nc2c(F)c(Cl)ncc12. The number of pyridine rings is 1. The first-order chi connectivity index (χ1) is 13.2. The predicted molar refractivity (Wildman–Crippen MR) is 106 cm³/mol. The molecular weight excluding hydrogens is 408 g/mol. The van der Waals surface area contributed by atoms with Crippen molar-refractivity contribution in [2.75, 3.05) is 18.1 Å². The van der Waals surface area contributed by atoms with E-state index in [0.717, 1.165) is 25.7 Å². The van der Waals surface area contributed by atoms with Gasteiger partial charge in [0.2, 0.25) is 5.28 Å². The van der Waals surface area contributed by atoms with Crippen molar-refractivity contribution in [1.82, 2.24) is 20.0 Å². The van der Waals surface area contributed by atoms with Crippen molar-refractivity contribution in [2.24, 2.45) is 0 Å². The predicted octanol–water partition coefficient (Wildman–Crippen LogP) is 5.00. The van der Waals surface area contributed by atoms with Gasteiger partial charge >= 0.3 is 6.09 Å². The molecule has 1 aliphatic rings. The van der Waals surface area contributed by atoms with E-state index in [1.807, 2.05) is 0 Å². The van der Waals surface area contributed by atoms with Crippen molar-refractivity contribution >= 4 is 46.0 Å². The number of hydrogen-bond donors (Lipinski definition) is 0. The van der Waals surface area contributed by atoms with Gasteiger partial charge in [0.25, 0.3) is 0 Å². The highest BCUT2D eigenvalue weighted by molar-refractivity contribution is 6.30. The smallest absolute Gasteiger partial charge is 0.429 e. The average molecular weight is 430 g/mol. The summed E-state index contributed by atoms with van der Waals surface area (Å²) >= 11 is 11.9. The third-order valence-corrected chi connectivity index (χ3v) is 4.66. The number of hydrazine groups is 1. The van der Waals surface area contributed by atoms with Crippen LogP contribution in [0.15, 0.2) is 6.20 Å². The Bertz CT molecular complexity index is 890. The summed E-state index contributed by atoms with van der Waals surface area (Å²) < 4.78 is 20.1. The highest BCUT2D eigenvalue weighted by Crippen LogP contribution is 2.31. The van der Waals surface area contributed by atoms with Crippen LogP contribution in [0.5, 0.6) is 0 Å². The summed E-state index contributed by atoms with van der Waals surface area (Å²) in [7, 11) is 0. The molecule has 3 heterocycles. The molecule has 0 unspecified atom stereocenters. The van der Waals surface area contributed by atoms with E-state index in [4.69, 9.17) is 27.9 Å². The molecule has 3 rings (SSSR count). The molecule has 10 heteroatoms. The maximum atomic E-state index is 14.5. The van der Waals surface area contributed by atoms with Gasteiger partial charge in [0.1, 0.15) is 11.1 Å². The Morgan fingerprint density at radius 1 is 1.14 bits per heavy atom. The standard InChI is InChI=1S/C18H22Cl2FN5O2/c1-18(2,3)28-17(27)26-9-7-5-4-6-8-25(26)15-11-10-22-14(19)12(21)13(11)23-16(20)24-15/h10H,4-9H2,1-3H3. The van der Waals surface area contributed by atoms with Crippen LogP contribution in [0.3, 0.4) is 0 Å². The number of nitrogens with zero attached hydrogens (tertiary/aromatic N) is 5. The van der Waals surface area contributed by atoms with E-state index in [1.54, 1.807) is 25.8 Å². The van der Waals surface area contributed by atoms with E-state index < -0.39 is 17.5 Å². The summed E-state index contributed by atoms with van der Waals surface area (Å²) in [5.74, 6) is -0.480. The molecule has 2 aromatic rings. The van der Waals surface area contributed by atoms with Crippen LogP contribution in [0.1, 0.15) is 46.5 Å². The number of amides is 1. The van der Waals surface area contributed by atoms with E-state index in [1.165, 1.54) is 11.2 Å². The Kier molecular flexibility index (Phi) is 6.09. The van der Waals surface area contributed by atoms with Crippen molar-refractivity contribution in [3.63, 3.8) is 0 Å². The number of carbonyl (C=O) groups is 1. The lowest BCUT2D eigenvalue weighted by Gasteiger charge is -2.38. The Balaban J connectivity index is 2.11. The summed E-state index contributed by atoms with van der Waals surface area (Å²) in [6, 6.07) is 0. The monoisotopic (exact) mass is 429 g/mol. The average Bonchev–Trinajstić information content (AvgIpc) is 2.56. The fourth-order valence-electron chi connectivity index (χ4n) is 3.03. The number of ether oxygens (including phenoxy) is 1. The minimum Gasteiger partial charge on any atom is -0.442 e. The summed E-state index contributed by atoms with van der Waals surface area (Å²) in [6.07, 6.45) is 4.53. The number of aromatic nitrogens is 3. The molecule has 28 heavy (non-hydrogen) atoms. The van der Waals surface area contributed by atoms with E-state index >= 15 is 0 Å². The van der Waals surface area contributed by atoms with Gasteiger partial charge in [-0.15, -0.1) is 0 Å². The lowest BCUT2D eigenvalue weighted by molar-refractivity contribution is 0.0211. The van der Waals surface area contributed by atoms with Crippen LogP contribution in [-0.2, 0) is 4.74 Å². The Hall–Kier alpha value is -1.93. The number of halogens is 3. The van der Waals surface area contributed by atoms with E-state index in [0.29, 0.717) is 24.3 Å². The number of carbonyl (C=O) groups excluding carboxylic acids is 1. The van der Waals surface area contributed by atoms with Crippen LogP contribution < -0.4 is 5.01 Å². The van der Waals surface area contributed by atoms with Crippen LogP contribution in [0, 0.1) is 5.82 Å². The van der Waals surface area contributed by atoms with Crippen LogP contribution in [0.4, 0.5) is 15.0 Å². The molecular formula is C18H22Cl2FN5O2. The Morgan fingerprint density at radius 3 is 2.50 bits per heavy atom. The van der Waals surface area contributed by atoms with Crippen molar-refractivity contribution in [3.05, 3.63) is 22.5 Å². The van der Waals surface area contributed by atoms with Crippen LogP contribution in [0.2, 0.25) is 10.4 Å². The molecule has 152 valence electrons. The molecule has 0 atom stereocenters. The molecule has 1 aliphatic heterocycles. The second-order valence-electron chi connectivity index (χ2n) is 7.58. The third-order valence-electron chi connectivity index (χ3n) is 4.22. The van der Waals surface area contributed by atoms with Gasteiger partial charge in [-0.2, -0.15) is 4.98 Å². The molecule has 1 fully saturated rings. The molecule has 0 spiro atoms. The molecule has 0 bridgehead atoms. The summed E-state index contributed by atoms with van der Waals surface area (Å²) in [5.41, 5.74) is -0.696. The minimum absolute atomic E-state index is 0.0406. The van der Waals surface area contributed by atoms with Gasteiger partial charge in [-0.05, 0) is 45.2 Å². The second-order valence-corrected chi connectivity index (χ2v) is 8.28. The molecule has 0 radical (unpaired) electrons. The summed E-state index contributed by atoms with van der Waals surface area (Å²) in [5, 5.41) is 3.05. The molecule has 0 aromatic carbocycles. The van der Waals surface area contributed by atoms with Gasteiger partial charge in [-0.3, -0.25) is 5.01 Å². The van der Waals surface area contributed by atoms with Crippen molar-refractivity contribution in [2.45, 2.75) is 52.1 Å². The van der Waals surface area contributed by atoms with Crippen molar-refractivity contribution in [1.29, 1.82) is 0 Å². The zero-order valence-corrected chi connectivity index (χ0v) is 17.5. The molecule has 7 nitrogen and oxygen atoms in total. The van der Waals surface area contributed by atoms with Gasteiger partial charge in [0, 0.05) is 19.3 Å². The first-order valence-corrected chi connectivity index (χ1v) is 9.88. The van der Waals surface area contributed by atoms with Crippen molar-refractivity contribution < 1.29 is 13.9 Å². The lowest BCUT2D eigenvalue weighted by Crippen LogP contribution is -2.50. The highest BCUT2D eigenvalue weighted by Gasteiger charge is 2.30. The summed E-state index contributed by atoms with van der Waals surface area (Å²) in [6.45, 7) is 6.35. The van der Waals surface area contributed by atoms with Crippen LogP contribution in [0.25, 0.3) is 10.9 Å².